The van der Waals surface area contributed by atoms with Crippen LogP contribution in [0, 0.1) is 0 Å². The van der Waals surface area contributed by atoms with Gasteiger partial charge in [0.2, 0.25) is 11.7 Å². The Morgan fingerprint density at radius 3 is 2.67 bits per heavy atom. The third kappa shape index (κ3) is 2.64. The van der Waals surface area contributed by atoms with Gasteiger partial charge in [-0.15, -0.1) is 0 Å². The van der Waals surface area contributed by atoms with E-state index in [1.807, 2.05) is 12.1 Å². The SMILES string of the molecule is COC1(c2noc([C@@H](N)Cc3ccc(O)cc3)n2)CCC1. The van der Waals surface area contributed by atoms with Gasteiger partial charge in [0.15, 0.2) is 0 Å². The number of rotatable bonds is 5. The summed E-state index contributed by atoms with van der Waals surface area (Å²) < 4.78 is 10.8. The van der Waals surface area contributed by atoms with Crippen molar-refractivity contribution in [2.75, 3.05) is 7.11 Å². The monoisotopic (exact) mass is 289 g/mol. The lowest BCUT2D eigenvalue weighted by molar-refractivity contribution is -0.0858. The average Bonchev–Trinajstić information content (AvgIpc) is 2.91. The molecule has 1 saturated carbocycles. The van der Waals surface area contributed by atoms with Gasteiger partial charge in [-0.3, -0.25) is 0 Å². The highest BCUT2D eigenvalue weighted by atomic mass is 16.5. The van der Waals surface area contributed by atoms with Gasteiger partial charge in [0, 0.05) is 7.11 Å². The number of nitrogens with zero attached hydrogens (tertiary/aromatic N) is 2. The molecular formula is C15H19N3O3. The van der Waals surface area contributed by atoms with E-state index in [2.05, 4.69) is 10.1 Å². The maximum Gasteiger partial charge on any atom is 0.244 e. The second-order valence-corrected chi connectivity index (χ2v) is 5.49. The predicted octanol–water partition coefficient (Wildman–Crippen LogP) is 2.04. The van der Waals surface area contributed by atoms with Crippen LogP contribution in [0.5, 0.6) is 5.75 Å². The normalized spacial score (nSPS) is 18.2. The molecule has 1 aromatic heterocycles. The highest BCUT2D eigenvalue weighted by Crippen LogP contribution is 2.42. The van der Waals surface area contributed by atoms with Crippen molar-refractivity contribution >= 4 is 0 Å². The summed E-state index contributed by atoms with van der Waals surface area (Å²) in [6, 6.07) is 6.56. The van der Waals surface area contributed by atoms with Crippen LogP contribution < -0.4 is 5.73 Å². The minimum absolute atomic E-state index is 0.236. The molecule has 0 unspecified atom stereocenters. The first kappa shape index (κ1) is 14.0. The third-order valence-electron chi connectivity index (χ3n) is 4.11. The van der Waals surface area contributed by atoms with E-state index in [0.717, 1.165) is 24.8 Å². The molecule has 0 amide bonds. The van der Waals surface area contributed by atoms with Gasteiger partial charge in [-0.25, -0.2) is 0 Å². The fourth-order valence-electron chi connectivity index (χ4n) is 2.56. The number of benzene rings is 1. The second kappa shape index (κ2) is 5.46. The minimum Gasteiger partial charge on any atom is -0.508 e. The van der Waals surface area contributed by atoms with Crippen LogP contribution in [0.2, 0.25) is 0 Å². The number of ether oxygens (including phenoxy) is 1. The minimum atomic E-state index is -0.389. The Morgan fingerprint density at radius 2 is 2.10 bits per heavy atom. The fourth-order valence-corrected chi connectivity index (χ4v) is 2.56. The number of aromatic hydroxyl groups is 1. The van der Waals surface area contributed by atoms with Crippen LogP contribution >= 0.6 is 0 Å². The van der Waals surface area contributed by atoms with Crippen molar-refractivity contribution in [3.05, 3.63) is 41.5 Å². The van der Waals surface area contributed by atoms with Gasteiger partial charge >= 0.3 is 0 Å². The number of hydrogen-bond acceptors (Lipinski definition) is 6. The second-order valence-electron chi connectivity index (χ2n) is 5.49. The topological polar surface area (TPSA) is 94.4 Å². The van der Waals surface area contributed by atoms with Gasteiger partial charge < -0.3 is 20.1 Å². The van der Waals surface area contributed by atoms with E-state index in [4.69, 9.17) is 15.0 Å². The number of methoxy groups -OCH3 is 1. The molecule has 6 nitrogen and oxygen atoms in total. The van der Waals surface area contributed by atoms with Gasteiger partial charge in [0.1, 0.15) is 11.4 Å². The molecule has 3 N–H and O–H groups in total. The molecule has 0 radical (unpaired) electrons. The van der Waals surface area contributed by atoms with Crippen LogP contribution in [0.3, 0.4) is 0 Å². The summed E-state index contributed by atoms with van der Waals surface area (Å²) in [7, 11) is 1.67. The molecule has 0 spiro atoms. The quantitative estimate of drug-likeness (QED) is 0.874. The fraction of sp³-hybridized carbons (Fsp3) is 0.467. The molecule has 6 heteroatoms. The summed E-state index contributed by atoms with van der Waals surface area (Å²) >= 11 is 0. The van der Waals surface area contributed by atoms with Crippen molar-refractivity contribution in [2.24, 2.45) is 5.73 Å². The summed E-state index contributed by atoms with van der Waals surface area (Å²) in [5.41, 5.74) is 6.74. The number of aromatic nitrogens is 2. The molecule has 1 atom stereocenters. The van der Waals surface area contributed by atoms with Crippen molar-refractivity contribution in [3.8, 4) is 5.75 Å². The van der Waals surface area contributed by atoms with Crippen LogP contribution in [0.1, 0.15) is 42.6 Å². The highest BCUT2D eigenvalue weighted by molar-refractivity contribution is 5.26. The summed E-state index contributed by atoms with van der Waals surface area (Å²) in [4.78, 5) is 4.41. The molecule has 0 saturated heterocycles. The largest absolute Gasteiger partial charge is 0.508 e. The lowest BCUT2D eigenvalue weighted by atomic mass is 9.79. The number of phenolic OH excluding ortho intramolecular Hbond substituents is 1. The van der Waals surface area contributed by atoms with E-state index in [9.17, 15) is 5.11 Å². The molecule has 1 fully saturated rings. The maximum atomic E-state index is 9.28. The van der Waals surface area contributed by atoms with Crippen LogP contribution in [0.25, 0.3) is 0 Å². The lowest BCUT2D eigenvalue weighted by Gasteiger charge is -2.37. The van der Waals surface area contributed by atoms with E-state index < -0.39 is 0 Å². The molecule has 1 heterocycles. The van der Waals surface area contributed by atoms with Crippen LogP contribution in [0.15, 0.2) is 28.8 Å². The van der Waals surface area contributed by atoms with Crippen molar-refractivity contribution in [1.82, 2.24) is 10.1 Å². The Labute approximate surface area is 122 Å². The van der Waals surface area contributed by atoms with E-state index in [1.165, 1.54) is 0 Å². The Hall–Kier alpha value is -1.92. The van der Waals surface area contributed by atoms with Crippen LogP contribution in [-0.4, -0.2) is 22.4 Å². The first-order valence-corrected chi connectivity index (χ1v) is 7.06. The van der Waals surface area contributed by atoms with Crippen molar-refractivity contribution < 1.29 is 14.4 Å². The molecule has 0 aliphatic heterocycles. The first-order valence-electron chi connectivity index (χ1n) is 7.06. The van der Waals surface area contributed by atoms with Gasteiger partial charge in [-0.1, -0.05) is 17.3 Å². The molecule has 1 aliphatic carbocycles. The van der Waals surface area contributed by atoms with Crippen molar-refractivity contribution in [2.45, 2.75) is 37.3 Å². The molecule has 1 aromatic carbocycles. The summed E-state index contributed by atoms with van der Waals surface area (Å²) in [6.07, 6.45) is 3.50. The van der Waals surface area contributed by atoms with Gasteiger partial charge in [-0.2, -0.15) is 4.98 Å². The van der Waals surface area contributed by atoms with E-state index >= 15 is 0 Å². The van der Waals surface area contributed by atoms with E-state index in [0.29, 0.717) is 18.1 Å². The predicted molar refractivity (Wildman–Crippen MR) is 75.6 cm³/mol. The Morgan fingerprint density at radius 1 is 1.38 bits per heavy atom. The standard InChI is InChI=1S/C15H19N3O3/c1-20-15(7-2-8-15)14-17-13(21-18-14)12(16)9-10-3-5-11(19)6-4-10/h3-6,12,19H,2,7-9,16H2,1H3/t12-/m0/s1. The Kier molecular flexibility index (Phi) is 3.65. The molecule has 1 aliphatic rings. The summed E-state index contributed by atoms with van der Waals surface area (Å²) in [5, 5.41) is 13.3. The molecule has 0 bridgehead atoms. The van der Waals surface area contributed by atoms with Crippen molar-refractivity contribution in [1.29, 1.82) is 0 Å². The summed E-state index contributed by atoms with van der Waals surface area (Å²) in [5.74, 6) is 1.24. The Bertz CT molecular complexity index is 599. The molecule has 21 heavy (non-hydrogen) atoms. The van der Waals surface area contributed by atoms with Crippen LogP contribution in [0.4, 0.5) is 0 Å². The lowest BCUT2D eigenvalue weighted by Crippen LogP contribution is -2.37. The highest BCUT2D eigenvalue weighted by Gasteiger charge is 2.43. The van der Waals surface area contributed by atoms with E-state index in [1.54, 1.807) is 19.2 Å². The van der Waals surface area contributed by atoms with Crippen LogP contribution in [-0.2, 0) is 16.8 Å². The van der Waals surface area contributed by atoms with Gasteiger partial charge in [0.05, 0.1) is 6.04 Å². The Balaban J connectivity index is 1.72. The number of phenols is 1. The number of nitrogens with two attached hydrogens (primary N) is 1. The smallest absolute Gasteiger partial charge is 0.244 e. The average molecular weight is 289 g/mol. The zero-order valence-electron chi connectivity index (χ0n) is 12.0. The van der Waals surface area contributed by atoms with E-state index in [-0.39, 0.29) is 17.4 Å². The molecule has 2 aromatic rings. The molecule has 112 valence electrons. The maximum absolute atomic E-state index is 9.28. The van der Waals surface area contributed by atoms with Gasteiger partial charge in [-0.05, 0) is 43.4 Å². The van der Waals surface area contributed by atoms with Crippen molar-refractivity contribution in [3.63, 3.8) is 0 Å². The zero-order chi connectivity index (χ0) is 14.9. The molecule has 3 rings (SSSR count). The van der Waals surface area contributed by atoms with Gasteiger partial charge in [0.25, 0.3) is 0 Å². The zero-order valence-corrected chi connectivity index (χ0v) is 12.0. The molecular weight excluding hydrogens is 270 g/mol. The number of hydrogen-bond donors (Lipinski definition) is 2. The first-order chi connectivity index (χ1) is 10.1. The summed E-state index contributed by atoms with van der Waals surface area (Å²) in [6.45, 7) is 0. The third-order valence-corrected chi connectivity index (χ3v) is 4.11.